The standard InChI is InChI=1S/C14H11NS2/c16-8-11-9-17-14(15-11)13-7-3-5-10-4-1-2-6-12(10)13/h1-7,9,16H,8H2. The maximum Gasteiger partial charge on any atom is 0.124 e. The zero-order valence-corrected chi connectivity index (χ0v) is 10.8. The zero-order chi connectivity index (χ0) is 11.7. The maximum absolute atomic E-state index is 4.59. The second kappa shape index (κ2) is 4.51. The van der Waals surface area contributed by atoms with Gasteiger partial charge in [-0.1, -0.05) is 42.5 Å². The minimum absolute atomic E-state index is 0.696. The molecule has 1 aromatic heterocycles. The van der Waals surface area contributed by atoms with E-state index >= 15 is 0 Å². The molecule has 0 spiro atoms. The zero-order valence-electron chi connectivity index (χ0n) is 9.13. The molecule has 0 amide bonds. The predicted octanol–water partition coefficient (Wildman–Crippen LogP) is 4.39. The van der Waals surface area contributed by atoms with Gasteiger partial charge >= 0.3 is 0 Å². The first kappa shape index (κ1) is 10.8. The summed E-state index contributed by atoms with van der Waals surface area (Å²) in [6, 6.07) is 14.7. The molecule has 0 atom stereocenters. The number of hydrogen-bond acceptors (Lipinski definition) is 3. The molecule has 3 heteroatoms. The van der Waals surface area contributed by atoms with Crippen LogP contribution in [0, 0.1) is 0 Å². The van der Waals surface area contributed by atoms with Crippen LogP contribution >= 0.6 is 24.0 Å². The highest BCUT2D eigenvalue weighted by Gasteiger charge is 2.07. The lowest BCUT2D eigenvalue weighted by molar-refractivity contribution is 1.24. The molecule has 0 radical (unpaired) electrons. The fourth-order valence-corrected chi connectivity index (χ4v) is 3.06. The Morgan fingerprint density at radius 1 is 1.06 bits per heavy atom. The van der Waals surface area contributed by atoms with Crippen molar-refractivity contribution in [3.63, 3.8) is 0 Å². The summed E-state index contributed by atoms with van der Waals surface area (Å²) in [4.78, 5) is 4.59. The number of thiol groups is 1. The first-order valence-electron chi connectivity index (χ1n) is 5.42. The van der Waals surface area contributed by atoms with E-state index in [-0.39, 0.29) is 0 Å². The third kappa shape index (κ3) is 1.96. The van der Waals surface area contributed by atoms with Gasteiger partial charge in [0.2, 0.25) is 0 Å². The molecule has 0 fully saturated rings. The molecule has 0 bridgehead atoms. The van der Waals surface area contributed by atoms with Gasteiger partial charge in [0.15, 0.2) is 0 Å². The van der Waals surface area contributed by atoms with Crippen molar-refractivity contribution in [3.05, 3.63) is 53.5 Å². The third-order valence-electron chi connectivity index (χ3n) is 2.73. The van der Waals surface area contributed by atoms with Gasteiger partial charge in [-0.2, -0.15) is 12.6 Å². The summed E-state index contributed by atoms with van der Waals surface area (Å²) in [5.41, 5.74) is 2.25. The van der Waals surface area contributed by atoms with Gasteiger partial charge in [0, 0.05) is 16.7 Å². The van der Waals surface area contributed by atoms with Crippen molar-refractivity contribution in [2.75, 3.05) is 0 Å². The average molecular weight is 257 g/mol. The summed E-state index contributed by atoms with van der Waals surface area (Å²) in [5.74, 6) is 0.696. The molecular weight excluding hydrogens is 246 g/mol. The second-order valence-corrected chi connectivity index (χ2v) is 5.00. The number of rotatable bonds is 2. The van der Waals surface area contributed by atoms with Crippen molar-refractivity contribution in [2.45, 2.75) is 5.75 Å². The van der Waals surface area contributed by atoms with E-state index in [1.807, 2.05) is 0 Å². The van der Waals surface area contributed by atoms with Crippen molar-refractivity contribution in [1.29, 1.82) is 0 Å². The number of fused-ring (bicyclic) bond motifs is 1. The molecule has 0 N–H and O–H groups in total. The van der Waals surface area contributed by atoms with Crippen molar-refractivity contribution < 1.29 is 0 Å². The molecule has 0 aliphatic carbocycles. The lowest BCUT2D eigenvalue weighted by Gasteiger charge is -2.02. The van der Waals surface area contributed by atoms with Gasteiger partial charge in [-0.3, -0.25) is 0 Å². The summed E-state index contributed by atoms with van der Waals surface area (Å²) in [7, 11) is 0. The van der Waals surface area contributed by atoms with E-state index in [9.17, 15) is 0 Å². The smallest absolute Gasteiger partial charge is 0.124 e. The summed E-state index contributed by atoms with van der Waals surface area (Å²) < 4.78 is 0. The van der Waals surface area contributed by atoms with E-state index in [2.05, 4.69) is 65.5 Å². The van der Waals surface area contributed by atoms with E-state index in [1.165, 1.54) is 16.3 Å². The molecule has 84 valence electrons. The molecule has 1 nitrogen and oxygen atoms in total. The van der Waals surface area contributed by atoms with Crippen LogP contribution in [0.2, 0.25) is 0 Å². The molecule has 0 unspecified atom stereocenters. The first-order valence-corrected chi connectivity index (χ1v) is 6.93. The van der Waals surface area contributed by atoms with Crippen LogP contribution in [0.15, 0.2) is 47.8 Å². The highest BCUT2D eigenvalue weighted by Crippen LogP contribution is 2.30. The largest absolute Gasteiger partial charge is 0.240 e. The Hall–Kier alpha value is -1.32. The highest BCUT2D eigenvalue weighted by molar-refractivity contribution is 7.79. The van der Waals surface area contributed by atoms with Crippen LogP contribution in [-0.4, -0.2) is 4.98 Å². The Morgan fingerprint density at radius 2 is 1.88 bits per heavy atom. The highest BCUT2D eigenvalue weighted by atomic mass is 32.1. The Kier molecular flexibility index (Phi) is 2.87. The van der Waals surface area contributed by atoms with E-state index in [0.717, 1.165) is 10.7 Å². The molecule has 3 aromatic rings. The third-order valence-corrected chi connectivity index (χ3v) is 3.98. The van der Waals surface area contributed by atoms with Crippen LogP contribution < -0.4 is 0 Å². The summed E-state index contributed by atoms with van der Waals surface area (Å²) >= 11 is 5.94. The Morgan fingerprint density at radius 3 is 2.71 bits per heavy atom. The Labute approximate surface area is 110 Å². The lowest BCUT2D eigenvalue weighted by Crippen LogP contribution is -1.81. The van der Waals surface area contributed by atoms with Crippen LogP contribution in [0.1, 0.15) is 5.69 Å². The molecular formula is C14H11NS2. The summed E-state index contributed by atoms with van der Waals surface area (Å²) in [6.07, 6.45) is 0. The number of benzene rings is 2. The van der Waals surface area contributed by atoms with E-state index in [4.69, 9.17) is 0 Å². The average Bonchev–Trinajstić information content (AvgIpc) is 2.87. The van der Waals surface area contributed by atoms with E-state index in [0.29, 0.717) is 5.75 Å². The molecule has 3 rings (SSSR count). The van der Waals surface area contributed by atoms with Gasteiger partial charge in [-0.25, -0.2) is 4.98 Å². The van der Waals surface area contributed by atoms with Crippen LogP contribution in [0.25, 0.3) is 21.3 Å². The van der Waals surface area contributed by atoms with Gasteiger partial charge in [-0.15, -0.1) is 11.3 Å². The van der Waals surface area contributed by atoms with Crippen molar-refractivity contribution in [3.8, 4) is 10.6 Å². The minimum Gasteiger partial charge on any atom is -0.240 e. The molecule has 0 saturated heterocycles. The molecule has 2 aromatic carbocycles. The van der Waals surface area contributed by atoms with E-state index in [1.54, 1.807) is 11.3 Å². The van der Waals surface area contributed by atoms with Gasteiger partial charge in [0.25, 0.3) is 0 Å². The van der Waals surface area contributed by atoms with Gasteiger partial charge in [-0.05, 0) is 10.8 Å². The van der Waals surface area contributed by atoms with Crippen molar-refractivity contribution in [1.82, 2.24) is 4.98 Å². The first-order chi connectivity index (χ1) is 8.38. The van der Waals surface area contributed by atoms with Crippen LogP contribution in [0.5, 0.6) is 0 Å². The van der Waals surface area contributed by atoms with Gasteiger partial charge in [0.1, 0.15) is 5.01 Å². The minimum atomic E-state index is 0.696. The van der Waals surface area contributed by atoms with Crippen molar-refractivity contribution in [2.24, 2.45) is 0 Å². The Bertz CT molecular complexity index is 653. The number of aromatic nitrogens is 1. The topological polar surface area (TPSA) is 12.9 Å². The van der Waals surface area contributed by atoms with Gasteiger partial charge < -0.3 is 0 Å². The number of hydrogen-bond donors (Lipinski definition) is 1. The SMILES string of the molecule is SCc1csc(-c2cccc3ccccc23)n1. The van der Waals surface area contributed by atoms with Crippen LogP contribution in [-0.2, 0) is 5.75 Å². The molecule has 0 saturated carbocycles. The molecule has 0 aliphatic heterocycles. The molecule has 1 heterocycles. The molecule has 17 heavy (non-hydrogen) atoms. The van der Waals surface area contributed by atoms with Crippen LogP contribution in [0.3, 0.4) is 0 Å². The monoisotopic (exact) mass is 257 g/mol. The van der Waals surface area contributed by atoms with Crippen LogP contribution in [0.4, 0.5) is 0 Å². The normalized spacial score (nSPS) is 10.9. The summed E-state index contributed by atoms with van der Waals surface area (Å²) in [6.45, 7) is 0. The number of thiazole rings is 1. The second-order valence-electron chi connectivity index (χ2n) is 3.83. The van der Waals surface area contributed by atoms with Gasteiger partial charge in [0.05, 0.1) is 5.69 Å². The number of nitrogens with zero attached hydrogens (tertiary/aromatic N) is 1. The lowest BCUT2D eigenvalue weighted by atomic mass is 10.1. The quantitative estimate of drug-likeness (QED) is 0.672. The summed E-state index contributed by atoms with van der Waals surface area (Å²) in [5, 5.41) is 5.66. The fraction of sp³-hybridized carbons (Fsp3) is 0.0714. The maximum atomic E-state index is 4.59. The predicted molar refractivity (Wildman–Crippen MR) is 77.7 cm³/mol. The van der Waals surface area contributed by atoms with E-state index < -0.39 is 0 Å². The fourth-order valence-electron chi connectivity index (χ4n) is 1.92. The Balaban J connectivity index is 2.23. The molecule has 0 aliphatic rings. The van der Waals surface area contributed by atoms with Crippen molar-refractivity contribution >= 4 is 34.7 Å².